The molecule has 1 aromatic carbocycles. The van der Waals surface area contributed by atoms with E-state index in [1.165, 1.54) is 12.1 Å². The van der Waals surface area contributed by atoms with E-state index in [1.807, 2.05) is 30.3 Å². The first-order valence-electron chi connectivity index (χ1n) is 5.78. The molecule has 0 spiro atoms. The molecule has 0 saturated heterocycles. The highest BCUT2D eigenvalue weighted by molar-refractivity contribution is 6.08. The number of aromatic hydroxyl groups is 1. The van der Waals surface area contributed by atoms with Gasteiger partial charge in [0.05, 0.1) is 0 Å². The van der Waals surface area contributed by atoms with Crippen molar-refractivity contribution < 1.29 is 9.90 Å². The lowest BCUT2D eigenvalue weighted by Crippen LogP contribution is -2.17. The van der Waals surface area contributed by atoms with Crippen molar-refractivity contribution >= 4 is 11.9 Å². The number of aromatic nitrogens is 1. The quantitative estimate of drug-likeness (QED) is 0.653. The summed E-state index contributed by atoms with van der Waals surface area (Å²) in [6, 6.07) is 10.6. The molecule has 0 atom stereocenters. The van der Waals surface area contributed by atoms with Gasteiger partial charge in [-0.15, -0.1) is 0 Å². The SMILES string of the molecule is Cc1cc(O)c(C(=O)/C=C/c2ccccc2)c(=O)[nH]1. The van der Waals surface area contributed by atoms with Crippen LogP contribution in [0.5, 0.6) is 5.75 Å². The Morgan fingerprint density at radius 2 is 1.95 bits per heavy atom. The molecule has 0 fully saturated rings. The lowest BCUT2D eigenvalue weighted by Gasteiger charge is -2.01. The Labute approximate surface area is 110 Å². The fraction of sp³-hybridized carbons (Fsp3) is 0.0667. The molecular formula is C15H13NO3. The van der Waals surface area contributed by atoms with Gasteiger partial charge in [0, 0.05) is 5.69 Å². The number of hydrogen-bond donors (Lipinski definition) is 2. The summed E-state index contributed by atoms with van der Waals surface area (Å²) in [5.41, 5.74) is 0.531. The van der Waals surface area contributed by atoms with E-state index >= 15 is 0 Å². The lowest BCUT2D eigenvalue weighted by molar-refractivity contribution is 0.104. The van der Waals surface area contributed by atoms with Crippen molar-refractivity contribution in [2.45, 2.75) is 6.92 Å². The molecule has 2 N–H and O–H groups in total. The fourth-order valence-electron chi connectivity index (χ4n) is 1.73. The van der Waals surface area contributed by atoms with Crippen LogP contribution in [0.2, 0.25) is 0 Å². The van der Waals surface area contributed by atoms with Crippen molar-refractivity contribution in [3.8, 4) is 5.75 Å². The van der Waals surface area contributed by atoms with E-state index in [0.717, 1.165) is 5.56 Å². The van der Waals surface area contributed by atoms with E-state index in [1.54, 1.807) is 13.0 Å². The minimum Gasteiger partial charge on any atom is -0.507 e. The highest BCUT2D eigenvalue weighted by Gasteiger charge is 2.13. The summed E-state index contributed by atoms with van der Waals surface area (Å²) in [6.07, 6.45) is 2.87. The molecule has 0 aliphatic rings. The van der Waals surface area contributed by atoms with Gasteiger partial charge in [0.15, 0.2) is 5.78 Å². The maximum atomic E-state index is 11.9. The number of carbonyl (C=O) groups is 1. The van der Waals surface area contributed by atoms with Crippen LogP contribution in [0.4, 0.5) is 0 Å². The molecule has 4 nitrogen and oxygen atoms in total. The fourth-order valence-corrected chi connectivity index (χ4v) is 1.73. The standard InChI is InChI=1S/C15H13NO3/c1-10-9-13(18)14(15(19)16-10)12(17)8-7-11-5-3-2-4-6-11/h2-9H,1H3,(H2,16,18,19)/b8-7+. The third-order valence-electron chi connectivity index (χ3n) is 2.62. The van der Waals surface area contributed by atoms with Gasteiger partial charge in [-0.3, -0.25) is 9.59 Å². The van der Waals surface area contributed by atoms with Crippen LogP contribution in [0.3, 0.4) is 0 Å². The molecule has 1 aromatic heterocycles. The third-order valence-corrected chi connectivity index (χ3v) is 2.62. The lowest BCUT2D eigenvalue weighted by atomic mass is 10.1. The molecule has 0 radical (unpaired) electrons. The summed E-state index contributed by atoms with van der Waals surface area (Å²) in [4.78, 5) is 26.0. The van der Waals surface area contributed by atoms with Gasteiger partial charge in [-0.1, -0.05) is 36.4 Å². The van der Waals surface area contributed by atoms with Crippen LogP contribution in [-0.2, 0) is 0 Å². The van der Waals surface area contributed by atoms with Crippen molar-refractivity contribution in [1.82, 2.24) is 4.98 Å². The van der Waals surface area contributed by atoms with E-state index in [0.29, 0.717) is 5.69 Å². The first-order chi connectivity index (χ1) is 9.08. The first kappa shape index (κ1) is 12.8. The number of H-pyrrole nitrogens is 1. The number of hydrogen-bond acceptors (Lipinski definition) is 3. The second-order valence-electron chi connectivity index (χ2n) is 4.15. The Hall–Kier alpha value is -2.62. The molecule has 0 saturated carbocycles. The molecule has 0 amide bonds. The van der Waals surface area contributed by atoms with Crippen LogP contribution in [-0.4, -0.2) is 15.9 Å². The summed E-state index contributed by atoms with van der Waals surface area (Å²) < 4.78 is 0. The number of rotatable bonds is 3. The average Bonchev–Trinajstić information content (AvgIpc) is 2.36. The van der Waals surface area contributed by atoms with Gasteiger partial charge in [-0.05, 0) is 24.6 Å². The van der Waals surface area contributed by atoms with Crippen molar-refractivity contribution in [1.29, 1.82) is 0 Å². The molecule has 96 valence electrons. The monoisotopic (exact) mass is 255 g/mol. The van der Waals surface area contributed by atoms with Crippen LogP contribution in [0.1, 0.15) is 21.6 Å². The second-order valence-corrected chi connectivity index (χ2v) is 4.15. The van der Waals surface area contributed by atoms with Gasteiger partial charge in [-0.25, -0.2) is 0 Å². The zero-order valence-corrected chi connectivity index (χ0v) is 10.4. The van der Waals surface area contributed by atoms with Gasteiger partial charge >= 0.3 is 0 Å². The summed E-state index contributed by atoms with van der Waals surface area (Å²) in [6.45, 7) is 1.63. The minimum atomic E-state index is -0.583. The van der Waals surface area contributed by atoms with Crippen molar-refractivity contribution in [3.05, 3.63) is 69.6 Å². The summed E-state index contributed by atoms with van der Waals surface area (Å²) in [5.74, 6) is -0.827. The normalized spacial score (nSPS) is 10.8. The number of allylic oxidation sites excluding steroid dienone is 1. The van der Waals surface area contributed by atoms with Gasteiger partial charge in [-0.2, -0.15) is 0 Å². The molecule has 4 heteroatoms. The zero-order valence-electron chi connectivity index (χ0n) is 10.4. The largest absolute Gasteiger partial charge is 0.507 e. The number of nitrogens with one attached hydrogen (secondary N) is 1. The second kappa shape index (κ2) is 5.35. The van der Waals surface area contributed by atoms with Gasteiger partial charge in [0.2, 0.25) is 0 Å². The third kappa shape index (κ3) is 2.98. The number of aryl methyl sites for hydroxylation is 1. The highest BCUT2D eigenvalue weighted by Crippen LogP contribution is 2.14. The molecule has 2 rings (SSSR count). The molecule has 1 heterocycles. The van der Waals surface area contributed by atoms with E-state index in [4.69, 9.17) is 0 Å². The Balaban J connectivity index is 2.31. The van der Waals surface area contributed by atoms with Crippen molar-refractivity contribution in [3.63, 3.8) is 0 Å². The Kier molecular flexibility index (Phi) is 3.61. The van der Waals surface area contributed by atoms with E-state index in [2.05, 4.69) is 4.98 Å². The van der Waals surface area contributed by atoms with Crippen LogP contribution in [0.25, 0.3) is 6.08 Å². The zero-order chi connectivity index (χ0) is 13.8. The highest BCUT2D eigenvalue weighted by atomic mass is 16.3. The smallest absolute Gasteiger partial charge is 0.263 e. The van der Waals surface area contributed by atoms with E-state index in [-0.39, 0.29) is 11.3 Å². The van der Waals surface area contributed by atoms with Crippen molar-refractivity contribution in [2.75, 3.05) is 0 Å². The summed E-state index contributed by atoms with van der Waals surface area (Å²) in [5, 5.41) is 9.67. The molecule has 2 aromatic rings. The van der Waals surface area contributed by atoms with E-state index < -0.39 is 11.3 Å². The molecular weight excluding hydrogens is 242 g/mol. The minimum absolute atomic E-state index is 0.238. The van der Waals surface area contributed by atoms with Crippen LogP contribution >= 0.6 is 0 Å². The topological polar surface area (TPSA) is 70.2 Å². The summed E-state index contributed by atoms with van der Waals surface area (Å²) >= 11 is 0. The van der Waals surface area contributed by atoms with Crippen LogP contribution < -0.4 is 5.56 Å². The average molecular weight is 255 g/mol. The number of aromatic amines is 1. The molecule has 0 aliphatic heterocycles. The van der Waals surface area contributed by atoms with Gasteiger partial charge < -0.3 is 10.1 Å². The maximum absolute atomic E-state index is 11.9. The molecule has 0 bridgehead atoms. The predicted octanol–water partition coefficient (Wildman–Crippen LogP) is 2.29. The number of pyridine rings is 1. The predicted molar refractivity (Wildman–Crippen MR) is 73.3 cm³/mol. The Bertz CT molecular complexity index is 684. The molecule has 0 unspecified atom stereocenters. The van der Waals surface area contributed by atoms with Gasteiger partial charge in [0.1, 0.15) is 11.3 Å². The number of ketones is 1. The summed E-state index contributed by atoms with van der Waals surface area (Å²) in [7, 11) is 0. The molecule has 19 heavy (non-hydrogen) atoms. The maximum Gasteiger partial charge on any atom is 0.263 e. The van der Waals surface area contributed by atoms with E-state index in [9.17, 15) is 14.7 Å². The number of benzene rings is 1. The molecule has 0 aliphatic carbocycles. The van der Waals surface area contributed by atoms with Gasteiger partial charge in [0.25, 0.3) is 5.56 Å². The Morgan fingerprint density at radius 1 is 1.26 bits per heavy atom. The van der Waals surface area contributed by atoms with Crippen LogP contribution in [0.15, 0.2) is 47.3 Å². The first-order valence-corrected chi connectivity index (χ1v) is 5.78. The van der Waals surface area contributed by atoms with Crippen molar-refractivity contribution in [2.24, 2.45) is 0 Å². The Morgan fingerprint density at radius 3 is 2.58 bits per heavy atom. The van der Waals surface area contributed by atoms with Crippen LogP contribution in [0, 0.1) is 6.92 Å². The number of carbonyl (C=O) groups excluding carboxylic acids is 1.